The summed E-state index contributed by atoms with van der Waals surface area (Å²) in [6, 6.07) is 21.4. The third-order valence-electron chi connectivity index (χ3n) is 5.10. The molecule has 3 aromatic carbocycles. The summed E-state index contributed by atoms with van der Waals surface area (Å²) >= 11 is 3.39. The molecule has 0 radical (unpaired) electrons. The highest BCUT2D eigenvalue weighted by molar-refractivity contribution is 9.10. The Labute approximate surface area is 186 Å². The number of rotatable bonds is 6. The van der Waals surface area contributed by atoms with E-state index in [4.69, 9.17) is 0 Å². The summed E-state index contributed by atoms with van der Waals surface area (Å²) in [5.41, 5.74) is 1.86. The molecule has 0 aliphatic heterocycles. The first kappa shape index (κ1) is 22.2. The van der Waals surface area contributed by atoms with Crippen molar-refractivity contribution in [2.45, 2.75) is 31.1 Å². The number of hydrogen-bond donors (Lipinski definition) is 1. The third kappa shape index (κ3) is 4.99. The quantitative estimate of drug-likeness (QED) is 0.505. The highest BCUT2D eigenvalue weighted by Crippen LogP contribution is 2.31. The van der Waals surface area contributed by atoms with Crippen molar-refractivity contribution in [2.24, 2.45) is 0 Å². The molecule has 3 aromatic rings. The highest BCUT2D eigenvalue weighted by atomic mass is 79.9. The van der Waals surface area contributed by atoms with Crippen LogP contribution in [-0.4, -0.2) is 20.1 Å². The van der Waals surface area contributed by atoms with E-state index in [-0.39, 0.29) is 16.6 Å². The van der Waals surface area contributed by atoms with Gasteiger partial charge in [0.2, 0.25) is 5.91 Å². The van der Waals surface area contributed by atoms with E-state index in [9.17, 15) is 13.2 Å². The van der Waals surface area contributed by atoms with Gasteiger partial charge in [0.1, 0.15) is 0 Å². The summed E-state index contributed by atoms with van der Waals surface area (Å²) in [6.45, 7) is 5.47. The van der Waals surface area contributed by atoms with E-state index in [1.165, 1.54) is 0 Å². The van der Waals surface area contributed by atoms with E-state index < -0.39 is 15.3 Å². The number of nitrogens with one attached hydrogen (secondary N) is 1. The molecule has 4 nitrogen and oxygen atoms in total. The monoisotopic (exact) mass is 485 g/mol. The Hall–Kier alpha value is -2.44. The van der Waals surface area contributed by atoms with Crippen LogP contribution in [0.25, 0.3) is 0 Å². The Balaban J connectivity index is 2.03. The fraction of sp³-hybridized carbons (Fsp3) is 0.208. The fourth-order valence-electron chi connectivity index (χ4n) is 3.31. The second-order valence-corrected chi connectivity index (χ2v) is 10.6. The van der Waals surface area contributed by atoms with Crippen molar-refractivity contribution in [1.29, 1.82) is 0 Å². The molecule has 1 amide bonds. The minimum atomic E-state index is -3.71. The summed E-state index contributed by atoms with van der Waals surface area (Å²) in [7, 11) is -3.71. The maximum absolute atomic E-state index is 13.4. The van der Waals surface area contributed by atoms with Crippen LogP contribution in [-0.2, 0) is 20.0 Å². The summed E-state index contributed by atoms with van der Waals surface area (Å²) in [5, 5.41) is 2.89. The number of hydrogen-bond acceptors (Lipinski definition) is 3. The van der Waals surface area contributed by atoms with Crippen molar-refractivity contribution < 1.29 is 13.2 Å². The van der Waals surface area contributed by atoms with Crippen molar-refractivity contribution in [1.82, 2.24) is 0 Å². The van der Waals surface area contributed by atoms with Crippen LogP contribution in [0.2, 0.25) is 0 Å². The van der Waals surface area contributed by atoms with E-state index in [1.54, 1.807) is 37.3 Å². The zero-order valence-electron chi connectivity index (χ0n) is 17.1. The van der Waals surface area contributed by atoms with Crippen LogP contribution in [0.1, 0.15) is 23.6 Å². The smallest absolute Gasteiger partial charge is 0.235 e. The van der Waals surface area contributed by atoms with Gasteiger partial charge in [-0.25, -0.2) is 8.42 Å². The Morgan fingerprint density at radius 1 is 0.933 bits per heavy atom. The first-order valence-corrected chi connectivity index (χ1v) is 12.0. The molecule has 30 heavy (non-hydrogen) atoms. The molecular formula is C24H24BrNO3S. The lowest BCUT2D eigenvalue weighted by molar-refractivity contribution is -0.120. The average Bonchev–Trinajstić information content (AvgIpc) is 2.68. The zero-order valence-corrected chi connectivity index (χ0v) is 19.5. The number of carbonyl (C=O) groups is 1. The third-order valence-corrected chi connectivity index (χ3v) is 7.52. The maximum atomic E-state index is 13.4. The minimum Gasteiger partial charge on any atom is -0.325 e. The molecule has 0 aliphatic rings. The molecule has 1 atom stereocenters. The molecule has 0 heterocycles. The molecule has 0 spiro atoms. The Morgan fingerprint density at radius 2 is 1.60 bits per heavy atom. The molecular weight excluding hydrogens is 462 g/mol. The van der Waals surface area contributed by atoms with Crippen molar-refractivity contribution in [3.63, 3.8) is 0 Å². The molecule has 0 aliphatic carbocycles. The predicted octanol–water partition coefficient (Wildman–Crippen LogP) is 5.44. The van der Waals surface area contributed by atoms with Crippen LogP contribution in [0, 0.1) is 13.8 Å². The zero-order chi connectivity index (χ0) is 21.9. The average molecular weight is 486 g/mol. The van der Waals surface area contributed by atoms with Crippen LogP contribution in [0.5, 0.6) is 0 Å². The van der Waals surface area contributed by atoms with Gasteiger partial charge in [-0.2, -0.15) is 0 Å². The van der Waals surface area contributed by atoms with Gasteiger partial charge in [-0.15, -0.1) is 0 Å². The van der Waals surface area contributed by atoms with Crippen molar-refractivity contribution in [3.05, 3.63) is 94.0 Å². The predicted molar refractivity (Wildman–Crippen MR) is 125 cm³/mol. The first-order valence-electron chi connectivity index (χ1n) is 9.54. The summed E-state index contributed by atoms with van der Waals surface area (Å²) < 4.78 is 27.4. The van der Waals surface area contributed by atoms with Crippen LogP contribution in [0.4, 0.5) is 5.69 Å². The second-order valence-electron chi connectivity index (χ2n) is 7.74. The SMILES string of the molecule is Cc1ccc(C(C)(CS(=O)(=O)c2cccc(C)c2)C(=O)Nc2cccc(Br)c2)cc1. The standard InChI is InChI=1S/C24H24BrNO3S/c1-17-10-12-19(13-11-17)24(3,23(27)26-21-8-5-7-20(25)15-21)16-30(28,29)22-9-4-6-18(2)14-22/h4-15H,16H2,1-3H3,(H,26,27). The number of anilines is 1. The maximum Gasteiger partial charge on any atom is 0.235 e. The molecule has 6 heteroatoms. The molecule has 156 valence electrons. The van der Waals surface area contributed by atoms with Gasteiger partial charge in [0, 0.05) is 10.2 Å². The van der Waals surface area contributed by atoms with Gasteiger partial charge in [0.15, 0.2) is 9.84 Å². The van der Waals surface area contributed by atoms with Crippen LogP contribution >= 0.6 is 15.9 Å². The van der Waals surface area contributed by atoms with Gasteiger partial charge in [-0.1, -0.05) is 64.0 Å². The van der Waals surface area contributed by atoms with Crippen molar-refractivity contribution in [3.8, 4) is 0 Å². The molecule has 3 rings (SSSR count). The van der Waals surface area contributed by atoms with E-state index in [0.29, 0.717) is 11.3 Å². The second kappa shape index (κ2) is 8.74. The molecule has 0 bridgehead atoms. The summed E-state index contributed by atoms with van der Waals surface area (Å²) in [6.07, 6.45) is 0. The molecule has 0 aromatic heterocycles. The number of carbonyl (C=O) groups excluding carboxylic acids is 1. The lowest BCUT2D eigenvalue weighted by Gasteiger charge is -2.29. The van der Waals surface area contributed by atoms with Crippen LogP contribution < -0.4 is 5.32 Å². The Bertz CT molecular complexity index is 1170. The summed E-state index contributed by atoms with van der Waals surface area (Å²) in [4.78, 5) is 13.6. The van der Waals surface area contributed by atoms with Gasteiger partial charge >= 0.3 is 0 Å². The van der Waals surface area contributed by atoms with Gasteiger partial charge in [-0.3, -0.25) is 4.79 Å². The fourth-order valence-corrected chi connectivity index (χ4v) is 5.58. The van der Waals surface area contributed by atoms with E-state index in [0.717, 1.165) is 15.6 Å². The number of halogens is 1. The van der Waals surface area contributed by atoms with E-state index >= 15 is 0 Å². The molecule has 1 unspecified atom stereocenters. The summed E-state index contributed by atoms with van der Waals surface area (Å²) in [5.74, 6) is -0.715. The lowest BCUT2D eigenvalue weighted by Crippen LogP contribution is -2.43. The first-order chi connectivity index (χ1) is 14.1. The van der Waals surface area contributed by atoms with Gasteiger partial charge in [-0.05, 0) is 62.2 Å². The molecule has 0 saturated carbocycles. The number of sulfone groups is 1. The number of amides is 1. The number of benzene rings is 3. The highest BCUT2D eigenvalue weighted by Gasteiger charge is 2.40. The van der Waals surface area contributed by atoms with Gasteiger partial charge < -0.3 is 5.32 Å². The largest absolute Gasteiger partial charge is 0.325 e. The molecule has 1 N–H and O–H groups in total. The van der Waals surface area contributed by atoms with Crippen LogP contribution in [0.3, 0.4) is 0 Å². The molecule has 0 saturated heterocycles. The van der Waals surface area contributed by atoms with Gasteiger partial charge in [0.25, 0.3) is 0 Å². The van der Waals surface area contributed by atoms with Crippen LogP contribution in [0.15, 0.2) is 82.2 Å². The Kier molecular flexibility index (Phi) is 6.48. The Morgan fingerprint density at radius 3 is 2.23 bits per heavy atom. The van der Waals surface area contributed by atoms with Gasteiger partial charge in [0.05, 0.1) is 16.1 Å². The number of aryl methyl sites for hydroxylation is 2. The van der Waals surface area contributed by atoms with Crippen molar-refractivity contribution >= 4 is 37.4 Å². The van der Waals surface area contributed by atoms with Crippen molar-refractivity contribution in [2.75, 3.05) is 11.1 Å². The minimum absolute atomic E-state index is 0.219. The topological polar surface area (TPSA) is 63.2 Å². The lowest BCUT2D eigenvalue weighted by atomic mass is 9.83. The van der Waals surface area contributed by atoms with E-state index in [2.05, 4.69) is 21.2 Å². The molecule has 0 fully saturated rings. The van der Waals surface area contributed by atoms with E-state index in [1.807, 2.05) is 56.3 Å². The normalized spacial score (nSPS) is 13.5.